The highest BCUT2D eigenvalue weighted by molar-refractivity contribution is 5.20. The summed E-state index contributed by atoms with van der Waals surface area (Å²) >= 11 is 0. The van der Waals surface area contributed by atoms with Gasteiger partial charge in [-0.3, -0.25) is 4.90 Å². The molecule has 2 heteroatoms. The van der Waals surface area contributed by atoms with E-state index in [1.54, 1.807) is 0 Å². The van der Waals surface area contributed by atoms with Crippen molar-refractivity contribution in [2.75, 3.05) is 19.6 Å². The van der Waals surface area contributed by atoms with Gasteiger partial charge in [-0.1, -0.05) is 44.2 Å². The van der Waals surface area contributed by atoms with Gasteiger partial charge in [0.15, 0.2) is 0 Å². The Balaban J connectivity index is 2.45. The van der Waals surface area contributed by atoms with Gasteiger partial charge in [0.2, 0.25) is 0 Å². The van der Waals surface area contributed by atoms with Crippen LogP contribution in [0.25, 0.3) is 0 Å². The van der Waals surface area contributed by atoms with Crippen LogP contribution in [0.2, 0.25) is 0 Å². The molecule has 1 aromatic rings. The van der Waals surface area contributed by atoms with Gasteiger partial charge < -0.3 is 5.32 Å². The fraction of sp³-hybridized carbons (Fsp3) is 0.684. The summed E-state index contributed by atoms with van der Waals surface area (Å²) in [7, 11) is 0. The second-order valence-electron chi connectivity index (χ2n) is 6.89. The van der Waals surface area contributed by atoms with E-state index in [4.69, 9.17) is 0 Å². The summed E-state index contributed by atoms with van der Waals surface area (Å²) in [4.78, 5) is 2.54. The topological polar surface area (TPSA) is 15.3 Å². The third-order valence-corrected chi connectivity index (χ3v) is 4.27. The normalized spacial score (nSPS) is 13.6. The molecule has 0 aliphatic heterocycles. The van der Waals surface area contributed by atoms with Crippen molar-refractivity contribution in [1.82, 2.24) is 10.2 Å². The standard InChI is InChI=1S/C19H34N2/c1-15(2)19(18-10-8-7-9-11-18)14-20-12-13-21(16(3)4)17(5)6/h7-11,15-17,19-20H,12-14H2,1-6H3. The van der Waals surface area contributed by atoms with Crippen molar-refractivity contribution in [1.29, 1.82) is 0 Å². The second kappa shape index (κ2) is 9.22. The van der Waals surface area contributed by atoms with Crippen molar-refractivity contribution in [3.63, 3.8) is 0 Å². The highest BCUT2D eigenvalue weighted by Gasteiger charge is 2.16. The maximum atomic E-state index is 3.66. The number of rotatable bonds is 9. The minimum atomic E-state index is 0.595. The monoisotopic (exact) mass is 290 g/mol. The van der Waals surface area contributed by atoms with Gasteiger partial charge in [-0.2, -0.15) is 0 Å². The Labute approximate surface area is 131 Å². The fourth-order valence-electron chi connectivity index (χ4n) is 3.02. The second-order valence-corrected chi connectivity index (χ2v) is 6.89. The molecule has 0 radical (unpaired) electrons. The molecule has 1 aromatic carbocycles. The number of nitrogens with one attached hydrogen (secondary N) is 1. The van der Waals surface area contributed by atoms with Crippen LogP contribution in [-0.2, 0) is 0 Å². The van der Waals surface area contributed by atoms with E-state index >= 15 is 0 Å². The van der Waals surface area contributed by atoms with Crippen molar-refractivity contribution in [2.45, 2.75) is 59.5 Å². The minimum absolute atomic E-state index is 0.595. The Morgan fingerprint density at radius 2 is 1.48 bits per heavy atom. The van der Waals surface area contributed by atoms with Crippen LogP contribution in [0.15, 0.2) is 30.3 Å². The van der Waals surface area contributed by atoms with E-state index in [0.717, 1.165) is 19.6 Å². The SMILES string of the molecule is CC(C)C(CNCCN(C(C)C)C(C)C)c1ccccc1. The molecule has 0 fully saturated rings. The summed E-state index contributed by atoms with van der Waals surface area (Å²) in [6, 6.07) is 12.1. The summed E-state index contributed by atoms with van der Waals surface area (Å²) in [6.45, 7) is 17.0. The van der Waals surface area contributed by atoms with Gasteiger partial charge in [0.25, 0.3) is 0 Å². The molecular formula is C19H34N2. The molecule has 0 aliphatic rings. The molecule has 2 nitrogen and oxygen atoms in total. The molecule has 1 rings (SSSR count). The molecule has 1 unspecified atom stereocenters. The number of nitrogens with zero attached hydrogens (tertiary/aromatic N) is 1. The summed E-state index contributed by atoms with van der Waals surface area (Å²) in [5.74, 6) is 1.25. The van der Waals surface area contributed by atoms with Crippen molar-refractivity contribution < 1.29 is 0 Å². The first-order valence-electron chi connectivity index (χ1n) is 8.44. The van der Waals surface area contributed by atoms with Crippen molar-refractivity contribution in [3.05, 3.63) is 35.9 Å². The van der Waals surface area contributed by atoms with Crippen molar-refractivity contribution in [3.8, 4) is 0 Å². The number of hydrogen-bond acceptors (Lipinski definition) is 2. The largest absolute Gasteiger partial charge is 0.315 e. The third-order valence-electron chi connectivity index (χ3n) is 4.27. The molecular weight excluding hydrogens is 256 g/mol. The lowest BCUT2D eigenvalue weighted by molar-refractivity contribution is 0.175. The predicted molar refractivity (Wildman–Crippen MR) is 93.9 cm³/mol. The van der Waals surface area contributed by atoms with E-state index in [1.807, 2.05) is 0 Å². The van der Waals surface area contributed by atoms with Gasteiger partial charge in [-0.15, -0.1) is 0 Å². The first-order valence-corrected chi connectivity index (χ1v) is 8.44. The molecule has 0 spiro atoms. The Bertz CT molecular complexity index is 362. The number of benzene rings is 1. The molecule has 1 N–H and O–H groups in total. The summed E-state index contributed by atoms with van der Waals surface area (Å²) in [5, 5.41) is 3.66. The summed E-state index contributed by atoms with van der Waals surface area (Å²) in [6.07, 6.45) is 0. The van der Waals surface area contributed by atoms with Crippen LogP contribution < -0.4 is 5.32 Å². The molecule has 0 heterocycles. The highest BCUT2D eigenvalue weighted by atomic mass is 15.2. The van der Waals surface area contributed by atoms with Gasteiger partial charge in [0.05, 0.1) is 0 Å². The van der Waals surface area contributed by atoms with Gasteiger partial charge in [0, 0.05) is 31.7 Å². The van der Waals surface area contributed by atoms with E-state index in [-0.39, 0.29) is 0 Å². The van der Waals surface area contributed by atoms with E-state index in [2.05, 4.69) is 82.1 Å². The van der Waals surface area contributed by atoms with Crippen LogP contribution in [0.4, 0.5) is 0 Å². The average molecular weight is 290 g/mol. The summed E-state index contributed by atoms with van der Waals surface area (Å²) in [5.41, 5.74) is 1.45. The minimum Gasteiger partial charge on any atom is -0.315 e. The van der Waals surface area contributed by atoms with Crippen LogP contribution in [-0.4, -0.2) is 36.6 Å². The molecule has 0 saturated heterocycles. The van der Waals surface area contributed by atoms with E-state index in [9.17, 15) is 0 Å². The third kappa shape index (κ3) is 6.19. The molecule has 1 atom stereocenters. The van der Waals surface area contributed by atoms with Crippen molar-refractivity contribution in [2.24, 2.45) is 5.92 Å². The zero-order valence-electron chi connectivity index (χ0n) is 14.8. The lowest BCUT2D eigenvalue weighted by atomic mass is 9.88. The lowest BCUT2D eigenvalue weighted by Gasteiger charge is -2.31. The molecule has 0 amide bonds. The first kappa shape index (κ1) is 18.2. The Morgan fingerprint density at radius 3 is 1.95 bits per heavy atom. The van der Waals surface area contributed by atoms with Gasteiger partial charge in [0.1, 0.15) is 0 Å². The van der Waals surface area contributed by atoms with Crippen LogP contribution in [0, 0.1) is 5.92 Å². The lowest BCUT2D eigenvalue weighted by Crippen LogP contribution is -2.42. The molecule has 0 aromatic heterocycles. The first-order chi connectivity index (χ1) is 9.93. The maximum Gasteiger partial charge on any atom is 0.0112 e. The smallest absolute Gasteiger partial charge is 0.0112 e. The van der Waals surface area contributed by atoms with Crippen molar-refractivity contribution >= 4 is 0 Å². The van der Waals surface area contributed by atoms with E-state index in [1.165, 1.54) is 5.56 Å². The number of hydrogen-bond donors (Lipinski definition) is 1. The van der Waals surface area contributed by atoms with Crippen LogP contribution in [0.5, 0.6) is 0 Å². The molecule has 21 heavy (non-hydrogen) atoms. The van der Waals surface area contributed by atoms with E-state index in [0.29, 0.717) is 23.9 Å². The molecule has 0 aliphatic carbocycles. The van der Waals surface area contributed by atoms with Gasteiger partial charge >= 0.3 is 0 Å². The fourth-order valence-corrected chi connectivity index (χ4v) is 3.02. The average Bonchev–Trinajstić information content (AvgIpc) is 2.42. The van der Waals surface area contributed by atoms with E-state index < -0.39 is 0 Å². The Morgan fingerprint density at radius 1 is 0.905 bits per heavy atom. The predicted octanol–water partition coefficient (Wildman–Crippen LogP) is 4.13. The quantitative estimate of drug-likeness (QED) is 0.688. The Hall–Kier alpha value is -0.860. The Kier molecular flexibility index (Phi) is 7.98. The molecule has 120 valence electrons. The van der Waals surface area contributed by atoms with Crippen LogP contribution in [0.1, 0.15) is 53.0 Å². The highest BCUT2D eigenvalue weighted by Crippen LogP contribution is 2.23. The van der Waals surface area contributed by atoms with Crippen LogP contribution >= 0.6 is 0 Å². The summed E-state index contributed by atoms with van der Waals surface area (Å²) < 4.78 is 0. The zero-order chi connectivity index (χ0) is 15.8. The zero-order valence-corrected chi connectivity index (χ0v) is 14.8. The maximum absolute atomic E-state index is 3.66. The van der Waals surface area contributed by atoms with Gasteiger partial charge in [-0.05, 0) is 45.1 Å². The molecule has 0 bridgehead atoms. The molecule has 0 saturated carbocycles. The van der Waals surface area contributed by atoms with Gasteiger partial charge in [-0.25, -0.2) is 0 Å². The van der Waals surface area contributed by atoms with Crippen LogP contribution in [0.3, 0.4) is 0 Å².